The minimum absolute atomic E-state index is 0.126. The van der Waals surface area contributed by atoms with E-state index in [-0.39, 0.29) is 5.82 Å². The zero-order valence-corrected chi connectivity index (χ0v) is 11.0. The Bertz CT molecular complexity index is 481. The number of alkyl halides is 3. The van der Waals surface area contributed by atoms with Gasteiger partial charge in [-0.2, -0.15) is 13.2 Å². The fourth-order valence-corrected chi connectivity index (χ4v) is 2.23. The molecule has 0 bridgehead atoms. The Labute approximate surface area is 115 Å². The lowest BCUT2D eigenvalue weighted by molar-refractivity contribution is -0.144. The van der Waals surface area contributed by atoms with Gasteiger partial charge in [0.15, 0.2) is 0 Å². The highest BCUT2D eigenvalue weighted by atomic mass is 19.4. The predicted octanol–water partition coefficient (Wildman–Crippen LogP) is 2.70. The second-order valence-electron chi connectivity index (χ2n) is 5.76. The maximum absolute atomic E-state index is 12.8. The van der Waals surface area contributed by atoms with Crippen LogP contribution in [0.15, 0.2) is 6.07 Å². The molecule has 0 aliphatic heterocycles. The van der Waals surface area contributed by atoms with E-state index in [0.29, 0.717) is 17.7 Å². The van der Waals surface area contributed by atoms with Gasteiger partial charge < -0.3 is 10.6 Å². The summed E-state index contributed by atoms with van der Waals surface area (Å²) in [6, 6.07) is 1.44. The Morgan fingerprint density at radius 2 is 1.65 bits per heavy atom. The summed E-state index contributed by atoms with van der Waals surface area (Å²) in [7, 11) is 0. The molecule has 0 spiro atoms. The molecule has 0 saturated heterocycles. The van der Waals surface area contributed by atoms with Gasteiger partial charge in [0.25, 0.3) is 0 Å². The molecule has 0 amide bonds. The molecule has 20 heavy (non-hydrogen) atoms. The van der Waals surface area contributed by atoms with Crippen LogP contribution in [0.3, 0.4) is 0 Å². The molecule has 2 saturated carbocycles. The summed E-state index contributed by atoms with van der Waals surface area (Å²) in [5.74, 6) is 0.199. The molecule has 3 rings (SSSR count). The van der Waals surface area contributed by atoms with Crippen molar-refractivity contribution in [1.29, 1.82) is 0 Å². The van der Waals surface area contributed by atoms with Crippen molar-refractivity contribution in [2.24, 2.45) is 11.8 Å². The molecule has 0 atom stereocenters. The molecule has 7 heteroatoms. The highest BCUT2D eigenvalue weighted by Gasteiger charge is 2.36. The van der Waals surface area contributed by atoms with Gasteiger partial charge in [-0.25, -0.2) is 9.97 Å². The van der Waals surface area contributed by atoms with E-state index in [1.807, 2.05) is 4.90 Å². The first kappa shape index (κ1) is 13.5. The molecule has 0 aromatic carbocycles. The fourth-order valence-electron chi connectivity index (χ4n) is 2.23. The molecule has 4 nitrogen and oxygen atoms in total. The topological polar surface area (TPSA) is 55.0 Å². The van der Waals surface area contributed by atoms with Crippen LogP contribution in [0, 0.1) is 11.8 Å². The minimum atomic E-state index is -4.56. The third-order valence-electron chi connectivity index (χ3n) is 3.66. The normalized spacial score (nSPS) is 19.1. The highest BCUT2D eigenvalue weighted by Crippen LogP contribution is 2.36. The number of nitrogens with zero attached hydrogens (tertiary/aromatic N) is 3. The van der Waals surface area contributed by atoms with Crippen LogP contribution in [0.4, 0.5) is 24.8 Å². The van der Waals surface area contributed by atoms with E-state index < -0.39 is 12.0 Å². The molecule has 1 aromatic heterocycles. The van der Waals surface area contributed by atoms with Crippen molar-refractivity contribution in [2.75, 3.05) is 23.7 Å². The Hall–Kier alpha value is -1.53. The van der Waals surface area contributed by atoms with Crippen LogP contribution in [-0.2, 0) is 6.18 Å². The second-order valence-corrected chi connectivity index (χ2v) is 5.76. The summed E-state index contributed by atoms with van der Waals surface area (Å²) in [5.41, 5.74) is 5.51. The Morgan fingerprint density at radius 1 is 1.10 bits per heavy atom. The zero-order valence-electron chi connectivity index (χ0n) is 11.0. The van der Waals surface area contributed by atoms with E-state index >= 15 is 0 Å². The van der Waals surface area contributed by atoms with Crippen molar-refractivity contribution < 1.29 is 13.2 Å². The van der Waals surface area contributed by atoms with Crippen LogP contribution >= 0.6 is 0 Å². The lowest BCUT2D eigenvalue weighted by Gasteiger charge is -2.24. The van der Waals surface area contributed by atoms with Crippen LogP contribution < -0.4 is 10.6 Å². The fraction of sp³-hybridized carbons (Fsp3) is 0.692. The first-order valence-corrected chi connectivity index (χ1v) is 6.88. The van der Waals surface area contributed by atoms with Gasteiger partial charge >= 0.3 is 6.18 Å². The number of hydrogen-bond donors (Lipinski definition) is 1. The Kier molecular flexibility index (Phi) is 3.22. The molecular weight excluding hydrogens is 269 g/mol. The van der Waals surface area contributed by atoms with Crippen molar-refractivity contribution in [1.82, 2.24) is 9.97 Å². The molecule has 2 fully saturated rings. The van der Waals surface area contributed by atoms with Gasteiger partial charge in [-0.1, -0.05) is 0 Å². The van der Waals surface area contributed by atoms with Gasteiger partial charge in [0.1, 0.15) is 11.6 Å². The Morgan fingerprint density at radius 3 is 2.10 bits per heavy atom. The number of aromatic nitrogens is 2. The number of hydrogen-bond acceptors (Lipinski definition) is 4. The van der Waals surface area contributed by atoms with Crippen LogP contribution in [0.25, 0.3) is 0 Å². The summed E-state index contributed by atoms with van der Waals surface area (Å²) in [4.78, 5) is 8.92. The van der Waals surface area contributed by atoms with E-state index in [2.05, 4.69) is 9.97 Å². The third-order valence-corrected chi connectivity index (χ3v) is 3.66. The summed E-state index contributed by atoms with van der Waals surface area (Å²) < 4.78 is 38.3. The average Bonchev–Trinajstić information content (AvgIpc) is 3.21. The number of nitrogens with two attached hydrogens (primary N) is 1. The average molecular weight is 286 g/mol. The standard InChI is InChI=1S/C13H17F3N4/c14-13(15,16)12-18-10(17)5-11(19-12)20(6-8-1-2-8)7-9-3-4-9/h5,8-9H,1-4,6-7H2,(H2,17,18,19). The molecule has 2 N–H and O–H groups in total. The van der Waals surface area contributed by atoms with Crippen LogP contribution in [0.2, 0.25) is 0 Å². The number of rotatable bonds is 5. The Balaban J connectivity index is 1.85. The van der Waals surface area contributed by atoms with E-state index in [1.165, 1.54) is 6.07 Å². The highest BCUT2D eigenvalue weighted by molar-refractivity contribution is 5.47. The smallest absolute Gasteiger partial charge is 0.384 e. The van der Waals surface area contributed by atoms with Crippen LogP contribution in [0.5, 0.6) is 0 Å². The van der Waals surface area contributed by atoms with Crippen molar-refractivity contribution in [2.45, 2.75) is 31.9 Å². The van der Waals surface area contributed by atoms with Gasteiger partial charge in [-0.15, -0.1) is 0 Å². The maximum Gasteiger partial charge on any atom is 0.451 e. The van der Waals surface area contributed by atoms with Crippen molar-refractivity contribution in [3.63, 3.8) is 0 Å². The van der Waals surface area contributed by atoms with Gasteiger partial charge in [0, 0.05) is 19.2 Å². The molecule has 1 heterocycles. The van der Waals surface area contributed by atoms with Gasteiger partial charge in [0.2, 0.25) is 5.82 Å². The molecular formula is C13H17F3N4. The lowest BCUT2D eigenvalue weighted by Crippen LogP contribution is -2.30. The second kappa shape index (κ2) is 4.79. The van der Waals surface area contributed by atoms with Gasteiger partial charge in [-0.05, 0) is 37.5 Å². The number of halogens is 3. The molecule has 0 unspecified atom stereocenters. The van der Waals surface area contributed by atoms with Crippen LogP contribution in [0.1, 0.15) is 31.5 Å². The van der Waals surface area contributed by atoms with Gasteiger partial charge in [-0.3, -0.25) is 0 Å². The van der Waals surface area contributed by atoms with Crippen molar-refractivity contribution >= 4 is 11.6 Å². The largest absolute Gasteiger partial charge is 0.451 e. The molecule has 2 aliphatic rings. The van der Waals surface area contributed by atoms with Crippen molar-refractivity contribution in [3.8, 4) is 0 Å². The molecule has 110 valence electrons. The monoisotopic (exact) mass is 286 g/mol. The summed E-state index contributed by atoms with van der Waals surface area (Å²) in [6.45, 7) is 1.54. The first-order valence-electron chi connectivity index (χ1n) is 6.88. The summed E-state index contributed by atoms with van der Waals surface area (Å²) in [5, 5.41) is 0. The quantitative estimate of drug-likeness (QED) is 0.904. The molecule has 1 aromatic rings. The summed E-state index contributed by atoms with van der Waals surface area (Å²) >= 11 is 0. The number of anilines is 2. The first-order chi connectivity index (χ1) is 9.41. The van der Waals surface area contributed by atoms with E-state index in [4.69, 9.17) is 5.73 Å². The maximum atomic E-state index is 12.8. The zero-order chi connectivity index (χ0) is 14.3. The molecule has 2 aliphatic carbocycles. The SMILES string of the molecule is Nc1cc(N(CC2CC2)CC2CC2)nc(C(F)(F)F)n1. The molecule has 0 radical (unpaired) electrons. The summed E-state index contributed by atoms with van der Waals surface area (Å²) in [6.07, 6.45) is 0.0262. The van der Waals surface area contributed by atoms with Crippen LogP contribution in [-0.4, -0.2) is 23.1 Å². The lowest BCUT2D eigenvalue weighted by atomic mass is 10.3. The number of nitrogen functional groups attached to an aromatic ring is 1. The van der Waals surface area contributed by atoms with Gasteiger partial charge in [0.05, 0.1) is 0 Å². The van der Waals surface area contributed by atoms with E-state index in [9.17, 15) is 13.2 Å². The minimum Gasteiger partial charge on any atom is -0.384 e. The van der Waals surface area contributed by atoms with E-state index in [0.717, 1.165) is 38.8 Å². The third kappa shape index (κ3) is 3.32. The predicted molar refractivity (Wildman–Crippen MR) is 69.1 cm³/mol. The van der Waals surface area contributed by atoms with E-state index in [1.54, 1.807) is 0 Å². The van der Waals surface area contributed by atoms with Crippen molar-refractivity contribution in [3.05, 3.63) is 11.9 Å².